The molecule has 0 aliphatic carbocycles. The van der Waals surface area contributed by atoms with Crippen molar-refractivity contribution in [3.63, 3.8) is 0 Å². The summed E-state index contributed by atoms with van der Waals surface area (Å²) in [4.78, 5) is 2.36. The lowest BCUT2D eigenvalue weighted by atomic mass is 10.2. The number of hydrogen-bond donors (Lipinski definition) is 1. The van der Waals surface area contributed by atoms with Crippen molar-refractivity contribution in [3.05, 3.63) is 16.4 Å². The molecule has 0 fully saturated rings. The molecule has 0 amide bonds. The SMILES string of the molecule is CCc1nn(CC)c(CN(CCN)CC(C)C)c1Cl. The first-order chi connectivity index (χ1) is 9.03. The lowest BCUT2D eigenvalue weighted by Crippen LogP contribution is -2.33. The lowest BCUT2D eigenvalue weighted by molar-refractivity contribution is 0.236. The van der Waals surface area contributed by atoms with Gasteiger partial charge in [-0.15, -0.1) is 0 Å². The minimum atomic E-state index is 0.619. The summed E-state index contributed by atoms with van der Waals surface area (Å²) in [5, 5.41) is 5.39. The molecule has 0 atom stereocenters. The van der Waals surface area contributed by atoms with Crippen LogP contribution in [0.25, 0.3) is 0 Å². The monoisotopic (exact) mass is 286 g/mol. The van der Waals surface area contributed by atoms with Crippen LogP contribution < -0.4 is 5.73 Å². The predicted octanol–water partition coefficient (Wildman–Crippen LogP) is 2.54. The minimum Gasteiger partial charge on any atom is -0.329 e. The quantitative estimate of drug-likeness (QED) is 0.799. The molecule has 5 heteroatoms. The maximum atomic E-state index is 6.45. The Balaban J connectivity index is 2.91. The van der Waals surface area contributed by atoms with E-state index in [0.717, 1.165) is 49.0 Å². The third-order valence-corrected chi connectivity index (χ3v) is 3.57. The van der Waals surface area contributed by atoms with Crippen LogP contribution in [-0.4, -0.2) is 34.3 Å². The molecule has 0 bridgehead atoms. The molecule has 1 aromatic rings. The summed E-state index contributed by atoms with van der Waals surface area (Å²) in [6.45, 7) is 12.9. The largest absolute Gasteiger partial charge is 0.329 e. The Morgan fingerprint density at radius 2 is 2.05 bits per heavy atom. The van der Waals surface area contributed by atoms with E-state index >= 15 is 0 Å². The third kappa shape index (κ3) is 4.48. The zero-order valence-corrected chi connectivity index (χ0v) is 13.4. The van der Waals surface area contributed by atoms with E-state index in [1.165, 1.54) is 0 Å². The predicted molar refractivity (Wildman–Crippen MR) is 81.5 cm³/mol. The number of aromatic nitrogens is 2. The van der Waals surface area contributed by atoms with Gasteiger partial charge in [-0.1, -0.05) is 32.4 Å². The number of aryl methyl sites for hydroxylation is 2. The zero-order chi connectivity index (χ0) is 14.4. The van der Waals surface area contributed by atoms with Crippen molar-refractivity contribution >= 4 is 11.6 Å². The number of nitrogens with two attached hydrogens (primary N) is 1. The van der Waals surface area contributed by atoms with E-state index in [-0.39, 0.29) is 0 Å². The van der Waals surface area contributed by atoms with E-state index in [1.54, 1.807) is 0 Å². The van der Waals surface area contributed by atoms with Gasteiger partial charge < -0.3 is 5.73 Å². The molecule has 110 valence electrons. The molecule has 0 radical (unpaired) electrons. The van der Waals surface area contributed by atoms with Gasteiger partial charge in [-0.2, -0.15) is 5.10 Å². The molecule has 0 aliphatic rings. The summed E-state index contributed by atoms with van der Waals surface area (Å²) in [5.41, 5.74) is 7.82. The maximum absolute atomic E-state index is 6.45. The van der Waals surface area contributed by atoms with Gasteiger partial charge in [0.1, 0.15) is 0 Å². The van der Waals surface area contributed by atoms with Crippen molar-refractivity contribution in [2.24, 2.45) is 11.7 Å². The number of nitrogens with zero attached hydrogens (tertiary/aromatic N) is 3. The van der Waals surface area contributed by atoms with Crippen molar-refractivity contribution < 1.29 is 0 Å². The summed E-state index contributed by atoms with van der Waals surface area (Å²) in [6, 6.07) is 0. The highest BCUT2D eigenvalue weighted by atomic mass is 35.5. The Hall–Kier alpha value is -0.580. The molecular weight excluding hydrogens is 260 g/mol. The van der Waals surface area contributed by atoms with Crippen LogP contribution in [0.5, 0.6) is 0 Å². The molecule has 0 saturated carbocycles. The fraction of sp³-hybridized carbons (Fsp3) is 0.786. The van der Waals surface area contributed by atoms with Crippen LogP contribution in [0.4, 0.5) is 0 Å². The van der Waals surface area contributed by atoms with Gasteiger partial charge in [-0.3, -0.25) is 9.58 Å². The first kappa shape index (κ1) is 16.5. The molecular formula is C14H27ClN4. The summed E-state index contributed by atoms with van der Waals surface area (Å²) >= 11 is 6.45. The van der Waals surface area contributed by atoms with Gasteiger partial charge in [-0.05, 0) is 19.3 Å². The fourth-order valence-electron chi connectivity index (χ4n) is 2.31. The third-order valence-electron chi connectivity index (χ3n) is 3.14. The van der Waals surface area contributed by atoms with Crippen LogP contribution in [0.3, 0.4) is 0 Å². The van der Waals surface area contributed by atoms with Crippen LogP contribution >= 0.6 is 11.6 Å². The highest BCUT2D eigenvalue weighted by Gasteiger charge is 2.17. The normalized spacial score (nSPS) is 11.8. The lowest BCUT2D eigenvalue weighted by Gasteiger charge is -2.24. The van der Waals surface area contributed by atoms with Gasteiger partial charge >= 0.3 is 0 Å². The second kappa shape index (κ2) is 7.88. The summed E-state index contributed by atoms with van der Waals surface area (Å²) in [5.74, 6) is 0.619. The maximum Gasteiger partial charge on any atom is 0.0863 e. The summed E-state index contributed by atoms with van der Waals surface area (Å²) in [7, 11) is 0. The number of rotatable bonds is 8. The summed E-state index contributed by atoms with van der Waals surface area (Å²) < 4.78 is 2.02. The first-order valence-electron chi connectivity index (χ1n) is 7.19. The highest BCUT2D eigenvalue weighted by molar-refractivity contribution is 6.31. The molecule has 4 nitrogen and oxygen atoms in total. The van der Waals surface area contributed by atoms with Crippen molar-refractivity contribution in [1.82, 2.24) is 14.7 Å². The highest BCUT2D eigenvalue weighted by Crippen LogP contribution is 2.23. The average molecular weight is 287 g/mol. The van der Waals surface area contributed by atoms with Gasteiger partial charge in [0.2, 0.25) is 0 Å². The molecule has 0 unspecified atom stereocenters. The molecule has 0 saturated heterocycles. The van der Waals surface area contributed by atoms with E-state index in [4.69, 9.17) is 17.3 Å². The number of halogens is 1. The smallest absolute Gasteiger partial charge is 0.0863 e. The van der Waals surface area contributed by atoms with Crippen molar-refractivity contribution in [2.45, 2.75) is 47.2 Å². The molecule has 0 aromatic carbocycles. The van der Waals surface area contributed by atoms with Crippen molar-refractivity contribution in [1.29, 1.82) is 0 Å². The molecule has 1 rings (SSSR count). The second-order valence-corrected chi connectivity index (χ2v) is 5.67. The second-order valence-electron chi connectivity index (χ2n) is 5.29. The first-order valence-corrected chi connectivity index (χ1v) is 7.57. The van der Waals surface area contributed by atoms with Crippen molar-refractivity contribution in [3.8, 4) is 0 Å². The topological polar surface area (TPSA) is 47.1 Å². The fourth-order valence-corrected chi connectivity index (χ4v) is 2.64. The Morgan fingerprint density at radius 1 is 1.37 bits per heavy atom. The van der Waals surface area contributed by atoms with Gasteiger partial charge in [-0.25, -0.2) is 0 Å². The van der Waals surface area contributed by atoms with Gasteiger partial charge in [0.15, 0.2) is 0 Å². The summed E-state index contributed by atoms with van der Waals surface area (Å²) in [6.07, 6.45) is 0.875. The van der Waals surface area contributed by atoms with Crippen LogP contribution in [0, 0.1) is 5.92 Å². The molecule has 19 heavy (non-hydrogen) atoms. The minimum absolute atomic E-state index is 0.619. The Bertz CT molecular complexity index is 387. The van der Waals surface area contributed by atoms with E-state index in [9.17, 15) is 0 Å². The van der Waals surface area contributed by atoms with E-state index in [2.05, 4.69) is 37.7 Å². The molecule has 1 aromatic heterocycles. The molecule has 0 spiro atoms. The zero-order valence-electron chi connectivity index (χ0n) is 12.6. The van der Waals surface area contributed by atoms with E-state index < -0.39 is 0 Å². The van der Waals surface area contributed by atoms with E-state index in [1.807, 2.05) is 4.68 Å². The molecule has 1 heterocycles. The Morgan fingerprint density at radius 3 is 2.53 bits per heavy atom. The Kier molecular flexibility index (Phi) is 6.83. The Labute approximate surface area is 121 Å². The number of hydrogen-bond acceptors (Lipinski definition) is 3. The van der Waals surface area contributed by atoms with Crippen molar-refractivity contribution in [2.75, 3.05) is 19.6 Å². The van der Waals surface area contributed by atoms with Crippen LogP contribution in [-0.2, 0) is 19.5 Å². The van der Waals surface area contributed by atoms with Crippen LogP contribution in [0.1, 0.15) is 39.1 Å². The van der Waals surface area contributed by atoms with Gasteiger partial charge in [0, 0.05) is 32.7 Å². The van der Waals surface area contributed by atoms with Crippen LogP contribution in [0.15, 0.2) is 0 Å². The van der Waals surface area contributed by atoms with Gasteiger partial charge in [0.05, 0.1) is 16.4 Å². The van der Waals surface area contributed by atoms with E-state index in [0.29, 0.717) is 12.5 Å². The molecule has 0 aliphatic heterocycles. The average Bonchev–Trinajstić information content (AvgIpc) is 2.66. The standard InChI is InChI=1S/C14H27ClN4/c1-5-12-14(15)13(19(6-2)17-12)10-18(8-7-16)9-11(3)4/h11H,5-10,16H2,1-4H3. The van der Waals surface area contributed by atoms with Crippen LogP contribution in [0.2, 0.25) is 5.02 Å². The molecule has 2 N–H and O–H groups in total. The van der Waals surface area contributed by atoms with Gasteiger partial charge in [0.25, 0.3) is 0 Å².